The fourth-order valence-electron chi connectivity index (χ4n) is 1.21. The summed E-state index contributed by atoms with van der Waals surface area (Å²) < 4.78 is 5.28. The molecule has 0 saturated carbocycles. The first-order valence-electron chi connectivity index (χ1n) is 5.08. The van der Waals surface area contributed by atoms with Crippen molar-refractivity contribution in [2.45, 2.75) is 0 Å². The number of hydrogen-bond donors (Lipinski definition) is 1. The van der Waals surface area contributed by atoms with Gasteiger partial charge in [-0.25, -0.2) is 9.97 Å². The molecule has 86 valence electrons. The topological polar surface area (TPSA) is 64.1 Å². The van der Waals surface area contributed by atoms with Crippen LogP contribution in [0.3, 0.4) is 0 Å². The van der Waals surface area contributed by atoms with Gasteiger partial charge in [-0.15, -0.1) is 0 Å². The molecule has 0 fully saturated rings. The number of anilines is 1. The van der Waals surface area contributed by atoms with Gasteiger partial charge < -0.3 is 10.1 Å². The summed E-state index contributed by atoms with van der Waals surface area (Å²) in [6.07, 6.45) is 2.92. The smallest absolute Gasteiger partial charge is 0.263 e. The largest absolute Gasteiger partial charge is 0.484 e. The highest BCUT2D eigenvalue weighted by atomic mass is 16.5. The number of para-hydroxylation sites is 1. The number of hydrogen-bond acceptors (Lipinski definition) is 4. The van der Waals surface area contributed by atoms with Gasteiger partial charge in [0.1, 0.15) is 17.9 Å². The lowest BCUT2D eigenvalue weighted by Crippen LogP contribution is -2.20. The molecular formula is C12H11N3O2. The molecule has 0 atom stereocenters. The highest BCUT2D eigenvalue weighted by Crippen LogP contribution is 2.08. The molecule has 1 aromatic carbocycles. The molecule has 0 radical (unpaired) electrons. The first-order chi connectivity index (χ1) is 8.34. The number of nitrogens with zero attached hydrogens (tertiary/aromatic N) is 2. The monoisotopic (exact) mass is 229 g/mol. The Labute approximate surface area is 98.5 Å². The number of ether oxygens (including phenoxy) is 1. The maximum Gasteiger partial charge on any atom is 0.263 e. The van der Waals surface area contributed by atoms with Crippen molar-refractivity contribution < 1.29 is 9.53 Å². The van der Waals surface area contributed by atoms with Crippen LogP contribution in [0.25, 0.3) is 0 Å². The van der Waals surface area contributed by atoms with E-state index in [1.165, 1.54) is 6.33 Å². The van der Waals surface area contributed by atoms with E-state index in [1.807, 2.05) is 18.2 Å². The average molecular weight is 229 g/mol. The van der Waals surface area contributed by atoms with Gasteiger partial charge >= 0.3 is 0 Å². The number of carbonyl (C=O) groups is 1. The van der Waals surface area contributed by atoms with E-state index in [1.54, 1.807) is 24.4 Å². The van der Waals surface area contributed by atoms with Crippen LogP contribution >= 0.6 is 0 Å². The van der Waals surface area contributed by atoms with E-state index < -0.39 is 0 Å². The zero-order valence-corrected chi connectivity index (χ0v) is 9.04. The van der Waals surface area contributed by atoms with Crippen LogP contribution in [0.4, 0.5) is 5.82 Å². The molecule has 1 aromatic heterocycles. The Morgan fingerprint density at radius 3 is 2.76 bits per heavy atom. The molecule has 1 N–H and O–H groups in total. The third-order valence-electron chi connectivity index (χ3n) is 1.96. The zero-order valence-electron chi connectivity index (χ0n) is 9.04. The minimum Gasteiger partial charge on any atom is -0.484 e. The fraction of sp³-hybridized carbons (Fsp3) is 0.0833. The summed E-state index contributed by atoms with van der Waals surface area (Å²) in [6.45, 7) is -0.0476. The van der Waals surface area contributed by atoms with Crippen LogP contribution in [0.2, 0.25) is 0 Å². The molecule has 5 nitrogen and oxygen atoms in total. The number of carbonyl (C=O) groups excluding carboxylic acids is 1. The lowest BCUT2D eigenvalue weighted by molar-refractivity contribution is -0.118. The van der Waals surface area contributed by atoms with E-state index in [4.69, 9.17) is 4.74 Å². The predicted octanol–water partition coefficient (Wildman–Crippen LogP) is 1.49. The Balaban J connectivity index is 1.83. The number of rotatable bonds is 4. The van der Waals surface area contributed by atoms with Crippen LogP contribution < -0.4 is 10.1 Å². The summed E-state index contributed by atoms with van der Waals surface area (Å²) >= 11 is 0. The molecule has 0 bridgehead atoms. The molecule has 0 spiro atoms. The molecular weight excluding hydrogens is 218 g/mol. The second kappa shape index (κ2) is 5.60. The molecule has 0 aliphatic heterocycles. The summed E-state index contributed by atoms with van der Waals surface area (Å²) in [7, 11) is 0. The SMILES string of the molecule is O=C(COc1ccccc1)Nc1ccncn1. The zero-order chi connectivity index (χ0) is 11.9. The van der Waals surface area contributed by atoms with Crippen molar-refractivity contribution >= 4 is 11.7 Å². The van der Waals surface area contributed by atoms with Gasteiger partial charge in [0.2, 0.25) is 0 Å². The predicted molar refractivity (Wildman–Crippen MR) is 62.6 cm³/mol. The van der Waals surface area contributed by atoms with Gasteiger partial charge in [-0.05, 0) is 18.2 Å². The van der Waals surface area contributed by atoms with Crippen LogP contribution in [0.5, 0.6) is 5.75 Å². The maximum absolute atomic E-state index is 11.5. The molecule has 17 heavy (non-hydrogen) atoms. The Hall–Kier alpha value is -2.43. The van der Waals surface area contributed by atoms with Gasteiger partial charge in [0.25, 0.3) is 5.91 Å². The molecule has 5 heteroatoms. The normalized spacial score (nSPS) is 9.65. The lowest BCUT2D eigenvalue weighted by Gasteiger charge is -2.06. The third-order valence-corrected chi connectivity index (χ3v) is 1.96. The maximum atomic E-state index is 11.5. The fourth-order valence-corrected chi connectivity index (χ4v) is 1.21. The van der Waals surface area contributed by atoms with Crippen LogP contribution in [-0.4, -0.2) is 22.5 Å². The van der Waals surface area contributed by atoms with E-state index in [2.05, 4.69) is 15.3 Å². The van der Waals surface area contributed by atoms with Crippen molar-refractivity contribution in [1.29, 1.82) is 0 Å². The van der Waals surface area contributed by atoms with Crippen molar-refractivity contribution in [2.24, 2.45) is 0 Å². The minimum atomic E-state index is -0.257. The van der Waals surface area contributed by atoms with Crippen molar-refractivity contribution in [3.05, 3.63) is 48.9 Å². The number of amides is 1. The minimum absolute atomic E-state index is 0.0476. The Kier molecular flexibility index (Phi) is 3.64. The lowest BCUT2D eigenvalue weighted by atomic mass is 10.3. The third kappa shape index (κ3) is 3.57. The van der Waals surface area contributed by atoms with Gasteiger partial charge in [-0.2, -0.15) is 0 Å². The highest BCUT2D eigenvalue weighted by molar-refractivity contribution is 5.90. The average Bonchev–Trinajstić information content (AvgIpc) is 2.39. The Bertz CT molecular complexity index is 474. The summed E-state index contributed by atoms with van der Waals surface area (Å²) in [5.41, 5.74) is 0. The van der Waals surface area contributed by atoms with Gasteiger partial charge in [-0.1, -0.05) is 18.2 Å². The molecule has 2 rings (SSSR count). The van der Waals surface area contributed by atoms with E-state index in [-0.39, 0.29) is 12.5 Å². The van der Waals surface area contributed by atoms with Gasteiger partial charge in [-0.3, -0.25) is 4.79 Å². The highest BCUT2D eigenvalue weighted by Gasteiger charge is 2.03. The van der Waals surface area contributed by atoms with Gasteiger partial charge in [0, 0.05) is 6.20 Å². The molecule has 2 aromatic rings. The second-order valence-corrected chi connectivity index (χ2v) is 3.24. The van der Waals surface area contributed by atoms with E-state index in [0.29, 0.717) is 11.6 Å². The Morgan fingerprint density at radius 1 is 1.24 bits per heavy atom. The van der Waals surface area contributed by atoms with E-state index >= 15 is 0 Å². The van der Waals surface area contributed by atoms with E-state index in [0.717, 1.165) is 0 Å². The first-order valence-corrected chi connectivity index (χ1v) is 5.08. The van der Waals surface area contributed by atoms with Crippen molar-refractivity contribution in [3.8, 4) is 5.75 Å². The van der Waals surface area contributed by atoms with Crippen LogP contribution in [0, 0.1) is 0 Å². The van der Waals surface area contributed by atoms with Crippen molar-refractivity contribution in [3.63, 3.8) is 0 Å². The first kappa shape index (κ1) is 11.1. The molecule has 0 saturated heterocycles. The van der Waals surface area contributed by atoms with Crippen molar-refractivity contribution in [2.75, 3.05) is 11.9 Å². The number of nitrogens with one attached hydrogen (secondary N) is 1. The number of aromatic nitrogens is 2. The van der Waals surface area contributed by atoms with Gasteiger partial charge in [0.05, 0.1) is 0 Å². The number of benzene rings is 1. The molecule has 0 aliphatic rings. The van der Waals surface area contributed by atoms with Crippen LogP contribution in [0.1, 0.15) is 0 Å². The summed E-state index contributed by atoms with van der Waals surface area (Å²) in [5, 5.41) is 2.60. The molecule has 0 unspecified atom stereocenters. The molecule has 1 heterocycles. The molecule has 1 amide bonds. The second-order valence-electron chi connectivity index (χ2n) is 3.24. The summed E-state index contributed by atoms with van der Waals surface area (Å²) in [4.78, 5) is 19.1. The van der Waals surface area contributed by atoms with Crippen molar-refractivity contribution in [1.82, 2.24) is 9.97 Å². The standard InChI is InChI=1S/C12H11N3O2/c16-12(15-11-6-7-13-9-14-11)8-17-10-4-2-1-3-5-10/h1-7,9H,8H2,(H,13,14,15,16). The Morgan fingerprint density at radius 2 is 2.06 bits per heavy atom. The van der Waals surface area contributed by atoms with Crippen LogP contribution in [0.15, 0.2) is 48.9 Å². The molecule has 0 aliphatic carbocycles. The van der Waals surface area contributed by atoms with Crippen LogP contribution in [-0.2, 0) is 4.79 Å². The van der Waals surface area contributed by atoms with E-state index in [9.17, 15) is 4.79 Å². The summed E-state index contributed by atoms with van der Waals surface area (Å²) in [6, 6.07) is 10.8. The quantitative estimate of drug-likeness (QED) is 0.862. The van der Waals surface area contributed by atoms with Gasteiger partial charge in [0.15, 0.2) is 6.61 Å². The summed E-state index contributed by atoms with van der Waals surface area (Å²) in [5.74, 6) is 0.861.